The number of amides is 2. The maximum absolute atomic E-state index is 12.5. The molecule has 17 heavy (non-hydrogen) atoms. The van der Waals surface area contributed by atoms with Crippen LogP contribution in [0.25, 0.3) is 0 Å². The molecule has 0 aliphatic carbocycles. The number of nitrogens with one attached hydrogen (secondary N) is 2. The Labute approximate surface area is 95.7 Å². The molecule has 2 N–H and O–H groups in total. The second-order valence-corrected chi connectivity index (χ2v) is 3.41. The smallest absolute Gasteiger partial charge is 0.354 e. The minimum absolute atomic E-state index is 0.310. The molecule has 0 rings (SSSR count). The van der Waals surface area contributed by atoms with Crippen molar-refractivity contribution in [3.05, 3.63) is 0 Å². The summed E-state index contributed by atoms with van der Waals surface area (Å²) in [6.07, 6.45) is -3.48. The average molecular weight is 258 g/mol. The van der Waals surface area contributed by atoms with Crippen molar-refractivity contribution in [3.8, 4) is 0 Å². The highest BCUT2D eigenvalue weighted by Gasteiger charge is 2.49. The number of carbonyl (C=O) groups excluding carboxylic acids is 2. The van der Waals surface area contributed by atoms with Gasteiger partial charge < -0.3 is 10.6 Å². The normalized spacial score (nSPS) is 13.4. The van der Waals surface area contributed by atoms with Crippen molar-refractivity contribution in [1.82, 2.24) is 10.6 Å². The Morgan fingerprint density at radius 1 is 1.29 bits per heavy atom. The van der Waals surface area contributed by atoms with Gasteiger partial charge in [0.25, 0.3) is 5.91 Å². The van der Waals surface area contributed by atoms with Crippen molar-refractivity contribution in [2.45, 2.75) is 38.7 Å². The largest absolute Gasteiger partial charge is 0.383 e. The minimum Gasteiger partial charge on any atom is -0.354 e. The average Bonchev–Trinajstić information content (AvgIpc) is 2.25. The molecular formula is C9H14F4N2O2. The van der Waals surface area contributed by atoms with Crippen LogP contribution in [0.15, 0.2) is 0 Å². The SMILES string of the molecule is CCCNC(=O)C(C)NC(=O)C(F)(F)C(F)F. The topological polar surface area (TPSA) is 58.2 Å². The predicted octanol–water partition coefficient (Wildman–Crippen LogP) is 0.918. The van der Waals surface area contributed by atoms with E-state index in [1.807, 2.05) is 0 Å². The van der Waals surface area contributed by atoms with E-state index in [-0.39, 0.29) is 0 Å². The molecular weight excluding hydrogens is 244 g/mol. The first-order chi connectivity index (χ1) is 7.73. The molecule has 8 heteroatoms. The summed E-state index contributed by atoms with van der Waals surface area (Å²) in [5.41, 5.74) is 0. The van der Waals surface area contributed by atoms with Gasteiger partial charge in [-0.3, -0.25) is 9.59 Å². The van der Waals surface area contributed by atoms with Crippen molar-refractivity contribution in [1.29, 1.82) is 0 Å². The molecule has 0 aliphatic heterocycles. The highest BCUT2D eigenvalue weighted by Crippen LogP contribution is 2.22. The fraction of sp³-hybridized carbons (Fsp3) is 0.778. The van der Waals surface area contributed by atoms with E-state index in [2.05, 4.69) is 5.32 Å². The molecule has 0 aromatic heterocycles. The summed E-state index contributed by atoms with van der Waals surface area (Å²) in [4.78, 5) is 21.9. The van der Waals surface area contributed by atoms with Crippen LogP contribution in [0.5, 0.6) is 0 Å². The lowest BCUT2D eigenvalue weighted by Gasteiger charge is -2.18. The van der Waals surface area contributed by atoms with E-state index < -0.39 is 30.2 Å². The third-order valence-electron chi connectivity index (χ3n) is 1.87. The van der Waals surface area contributed by atoms with Crippen molar-refractivity contribution in [3.63, 3.8) is 0 Å². The second kappa shape index (κ2) is 6.41. The first-order valence-corrected chi connectivity index (χ1v) is 4.98. The molecule has 2 amide bonds. The molecule has 0 aromatic carbocycles. The van der Waals surface area contributed by atoms with Gasteiger partial charge in [0.2, 0.25) is 5.91 Å². The van der Waals surface area contributed by atoms with Crippen LogP contribution < -0.4 is 10.6 Å². The lowest BCUT2D eigenvalue weighted by Crippen LogP contribution is -2.52. The standard InChI is InChI=1S/C9H14F4N2O2/c1-3-4-14-6(16)5(2)15-8(17)9(12,13)7(10)11/h5,7H,3-4H2,1-2H3,(H,14,16)(H,15,17). The van der Waals surface area contributed by atoms with Gasteiger partial charge in [0.1, 0.15) is 6.04 Å². The quantitative estimate of drug-likeness (QED) is 0.696. The fourth-order valence-electron chi connectivity index (χ4n) is 0.859. The van der Waals surface area contributed by atoms with Gasteiger partial charge in [-0.05, 0) is 13.3 Å². The van der Waals surface area contributed by atoms with Gasteiger partial charge >= 0.3 is 12.3 Å². The summed E-state index contributed by atoms with van der Waals surface area (Å²) >= 11 is 0. The van der Waals surface area contributed by atoms with Gasteiger partial charge in [-0.15, -0.1) is 0 Å². The van der Waals surface area contributed by atoms with E-state index in [0.29, 0.717) is 13.0 Å². The number of hydrogen-bond acceptors (Lipinski definition) is 2. The molecule has 4 nitrogen and oxygen atoms in total. The molecule has 0 saturated heterocycles. The maximum atomic E-state index is 12.5. The van der Waals surface area contributed by atoms with E-state index in [4.69, 9.17) is 0 Å². The van der Waals surface area contributed by atoms with E-state index in [1.165, 1.54) is 5.32 Å². The predicted molar refractivity (Wildman–Crippen MR) is 51.9 cm³/mol. The Balaban J connectivity index is 4.34. The van der Waals surface area contributed by atoms with E-state index >= 15 is 0 Å². The summed E-state index contributed by atoms with van der Waals surface area (Å²) in [5.74, 6) is -7.66. The third-order valence-corrected chi connectivity index (χ3v) is 1.87. The van der Waals surface area contributed by atoms with Crippen molar-refractivity contribution in [2.24, 2.45) is 0 Å². The number of rotatable bonds is 6. The van der Waals surface area contributed by atoms with Crippen LogP contribution in [0.3, 0.4) is 0 Å². The Bertz CT molecular complexity index is 284. The van der Waals surface area contributed by atoms with Crippen molar-refractivity contribution < 1.29 is 27.2 Å². The molecule has 0 radical (unpaired) electrons. The Morgan fingerprint density at radius 3 is 2.24 bits per heavy atom. The van der Waals surface area contributed by atoms with Gasteiger partial charge in [-0.25, -0.2) is 8.78 Å². The van der Waals surface area contributed by atoms with E-state index in [9.17, 15) is 27.2 Å². The van der Waals surface area contributed by atoms with Crippen molar-refractivity contribution >= 4 is 11.8 Å². The number of hydrogen-bond donors (Lipinski definition) is 2. The Hall–Kier alpha value is -1.34. The van der Waals surface area contributed by atoms with Gasteiger partial charge in [0.05, 0.1) is 0 Å². The van der Waals surface area contributed by atoms with Crippen LogP contribution in [0.4, 0.5) is 17.6 Å². The van der Waals surface area contributed by atoms with Crippen LogP contribution >= 0.6 is 0 Å². The molecule has 0 saturated carbocycles. The molecule has 0 aromatic rings. The summed E-state index contributed by atoms with van der Waals surface area (Å²) in [6.45, 7) is 3.21. The second-order valence-electron chi connectivity index (χ2n) is 3.41. The minimum atomic E-state index is -4.79. The zero-order valence-electron chi connectivity index (χ0n) is 9.40. The van der Waals surface area contributed by atoms with Crippen molar-refractivity contribution in [2.75, 3.05) is 6.54 Å². The van der Waals surface area contributed by atoms with Crippen LogP contribution in [0.1, 0.15) is 20.3 Å². The third kappa shape index (κ3) is 4.58. The summed E-state index contributed by atoms with van der Waals surface area (Å²) in [6, 6.07) is -1.29. The van der Waals surface area contributed by atoms with E-state index in [0.717, 1.165) is 6.92 Å². The number of carbonyl (C=O) groups is 2. The summed E-state index contributed by atoms with van der Waals surface area (Å²) in [5, 5.41) is 3.86. The molecule has 0 aliphatic rings. The van der Waals surface area contributed by atoms with Crippen LogP contribution in [-0.4, -0.2) is 36.7 Å². The van der Waals surface area contributed by atoms with Gasteiger partial charge in [-0.1, -0.05) is 6.92 Å². The van der Waals surface area contributed by atoms with Gasteiger partial charge in [0.15, 0.2) is 0 Å². The lowest BCUT2D eigenvalue weighted by molar-refractivity contribution is -0.170. The summed E-state index contributed by atoms with van der Waals surface area (Å²) in [7, 11) is 0. The van der Waals surface area contributed by atoms with Gasteiger partial charge in [0, 0.05) is 6.54 Å². The monoisotopic (exact) mass is 258 g/mol. The first-order valence-electron chi connectivity index (χ1n) is 4.98. The molecule has 0 spiro atoms. The van der Waals surface area contributed by atoms with Crippen LogP contribution in [0.2, 0.25) is 0 Å². The van der Waals surface area contributed by atoms with Gasteiger partial charge in [-0.2, -0.15) is 8.78 Å². The summed E-state index contributed by atoms with van der Waals surface area (Å²) < 4.78 is 48.7. The molecule has 0 fully saturated rings. The number of halogens is 4. The highest BCUT2D eigenvalue weighted by atomic mass is 19.3. The molecule has 0 bridgehead atoms. The Morgan fingerprint density at radius 2 is 1.82 bits per heavy atom. The zero-order valence-corrected chi connectivity index (χ0v) is 9.40. The molecule has 1 unspecified atom stereocenters. The Kier molecular flexibility index (Phi) is 5.90. The molecule has 100 valence electrons. The zero-order chi connectivity index (χ0) is 13.6. The number of alkyl halides is 4. The van der Waals surface area contributed by atoms with E-state index in [1.54, 1.807) is 6.92 Å². The maximum Gasteiger partial charge on any atom is 0.383 e. The molecule has 1 atom stereocenters. The first kappa shape index (κ1) is 15.7. The fourth-order valence-corrected chi connectivity index (χ4v) is 0.859. The highest BCUT2D eigenvalue weighted by molar-refractivity contribution is 5.90. The molecule has 0 heterocycles. The van der Waals surface area contributed by atoms with Crippen LogP contribution in [-0.2, 0) is 9.59 Å². The van der Waals surface area contributed by atoms with Crippen LogP contribution in [0, 0.1) is 0 Å². The lowest BCUT2D eigenvalue weighted by atomic mass is 10.2.